The van der Waals surface area contributed by atoms with Crippen LogP contribution >= 0.6 is 0 Å². The van der Waals surface area contributed by atoms with Crippen molar-refractivity contribution in [2.24, 2.45) is 0 Å². The van der Waals surface area contributed by atoms with Gasteiger partial charge in [0.2, 0.25) is 0 Å². The molecule has 0 spiro atoms. The first-order valence-electron chi connectivity index (χ1n) is 9.33. The minimum absolute atomic E-state index is 0.240. The van der Waals surface area contributed by atoms with Gasteiger partial charge in [0.05, 0.1) is 11.9 Å². The van der Waals surface area contributed by atoms with E-state index in [4.69, 9.17) is 0 Å². The Morgan fingerprint density at radius 1 is 0.833 bits per heavy atom. The summed E-state index contributed by atoms with van der Waals surface area (Å²) in [6, 6.07) is 17.4. The van der Waals surface area contributed by atoms with Crippen molar-refractivity contribution in [1.82, 2.24) is 14.8 Å². The van der Waals surface area contributed by atoms with Crippen LogP contribution in [0.15, 0.2) is 85.5 Å². The summed E-state index contributed by atoms with van der Waals surface area (Å²) in [4.78, 5) is 28.8. The first kappa shape index (κ1) is 19.1. The average molecular weight is 397 g/mol. The number of aromatic nitrogens is 3. The van der Waals surface area contributed by atoms with Gasteiger partial charge in [-0.15, -0.1) is 0 Å². The van der Waals surface area contributed by atoms with Gasteiger partial charge >= 0.3 is 0 Å². The van der Waals surface area contributed by atoms with Gasteiger partial charge in [0.15, 0.2) is 0 Å². The number of carbonyl (C=O) groups is 2. The molecule has 0 unspecified atom stereocenters. The Labute approximate surface area is 173 Å². The lowest BCUT2D eigenvalue weighted by Crippen LogP contribution is -2.14. The summed E-state index contributed by atoms with van der Waals surface area (Å²) in [5, 5.41) is 9.93. The number of carbonyl (C=O) groups excluding carboxylic acids is 2. The number of amides is 2. The minimum Gasteiger partial charge on any atom is -0.322 e. The Morgan fingerprint density at radius 2 is 1.43 bits per heavy atom. The highest BCUT2D eigenvalue weighted by Gasteiger charge is 2.09. The van der Waals surface area contributed by atoms with E-state index in [9.17, 15) is 9.59 Å². The lowest BCUT2D eigenvalue weighted by molar-refractivity contribution is 0.101. The summed E-state index contributed by atoms with van der Waals surface area (Å²) < 4.78 is 1.76. The standard InChI is InChI=1S/C23H19N5O2/c1-16-14-25-28(15-16)21-7-5-17(6-8-21)22(29)26-19-3-2-4-20(13-19)27-23(30)18-9-11-24-12-10-18/h2-15H,1H3,(H,26,29)(H,27,30). The normalized spacial score (nSPS) is 10.4. The molecule has 2 aromatic carbocycles. The van der Waals surface area contributed by atoms with Gasteiger partial charge in [0, 0.05) is 41.1 Å². The van der Waals surface area contributed by atoms with E-state index < -0.39 is 0 Å². The Bertz CT molecular complexity index is 1180. The molecule has 7 nitrogen and oxygen atoms in total. The number of nitrogens with zero attached hydrogens (tertiary/aromatic N) is 3. The molecule has 4 aromatic rings. The summed E-state index contributed by atoms with van der Waals surface area (Å²) >= 11 is 0. The van der Waals surface area contributed by atoms with Gasteiger partial charge in [-0.3, -0.25) is 14.6 Å². The van der Waals surface area contributed by atoms with Gasteiger partial charge in [-0.05, 0) is 67.1 Å². The molecule has 0 saturated heterocycles. The fourth-order valence-corrected chi connectivity index (χ4v) is 2.90. The number of nitrogens with one attached hydrogen (secondary N) is 2. The highest BCUT2D eigenvalue weighted by molar-refractivity contribution is 6.06. The number of benzene rings is 2. The lowest BCUT2D eigenvalue weighted by Gasteiger charge is -2.09. The van der Waals surface area contributed by atoms with Crippen LogP contribution in [0.4, 0.5) is 11.4 Å². The maximum absolute atomic E-state index is 12.6. The second-order valence-corrected chi connectivity index (χ2v) is 6.73. The molecule has 0 atom stereocenters. The number of aryl methyl sites for hydroxylation is 1. The molecule has 0 saturated carbocycles. The Kier molecular flexibility index (Phi) is 5.34. The molecule has 2 heterocycles. The second-order valence-electron chi connectivity index (χ2n) is 6.73. The van der Waals surface area contributed by atoms with E-state index in [-0.39, 0.29) is 11.8 Å². The maximum atomic E-state index is 12.6. The summed E-state index contributed by atoms with van der Waals surface area (Å²) in [6.07, 6.45) is 6.82. The zero-order valence-electron chi connectivity index (χ0n) is 16.2. The number of rotatable bonds is 5. The zero-order chi connectivity index (χ0) is 20.9. The molecule has 30 heavy (non-hydrogen) atoms. The molecule has 2 N–H and O–H groups in total. The Balaban J connectivity index is 1.43. The first-order chi connectivity index (χ1) is 14.6. The fraction of sp³-hybridized carbons (Fsp3) is 0.0435. The molecule has 2 amide bonds. The molecule has 0 aliphatic heterocycles. The van der Waals surface area contributed by atoms with Crippen molar-refractivity contribution in [3.8, 4) is 5.69 Å². The number of hydrogen-bond acceptors (Lipinski definition) is 4. The molecule has 148 valence electrons. The number of hydrogen-bond donors (Lipinski definition) is 2. The highest BCUT2D eigenvalue weighted by Crippen LogP contribution is 2.18. The molecule has 0 radical (unpaired) electrons. The van der Waals surface area contributed by atoms with Crippen LogP contribution in [0.1, 0.15) is 26.3 Å². The van der Waals surface area contributed by atoms with Crippen molar-refractivity contribution < 1.29 is 9.59 Å². The number of pyridine rings is 1. The molecular formula is C23H19N5O2. The summed E-state index contributed by atoms with van der Waals surface area (Å²) in [5.74, 6) is -0.485. The van der Waals surface area contributed by atoms with Gasteiger partial charge in [-0.2, -0.15) is 5.10 Å². The van der Waals surface area contributed by atoms with E-state index >= 15 is 0 Å². The predicted molar refractivity (Wildman–Crippen MR) is 115 cm³/mol. The predicted octanol–water partition coefficient (Wildman–Crippen LogP) is 4.08. The topological polar surface area (TPSA) is 88.9 Å². The van der Waals surface area contributed by atoms with E-state index in [1.54, 1.807) is 71.8 Å². The van der Waals surface area contributed by atoms with Crippen molar-refractivity contribution in [3.05, 3.63) is 102 Å². The molecule has 0 aliphatic rings. The van der Waals surface area contributed by atoms with Crippen LogP contribution in [0.5, 0.6) is 0 Å². The monoisotopic (exact) mass is 397 g/mol. The third-order valence-electron chi connectivity index (χ3n) is 4.43. The van der Waals surface area contributed by atoms with Crippen molar-refractivity contribution in [2.75, 3.05) is 10.6 Å². The molecular weight excluding hydrogens is 378 g/mol. The van der Waals surface area contributed by atoms with Gasteiger partial charge in [-0.25, -0.2) is 4.68 Å². The quantitative estimate of drug-likeness (QED) is 0.531. The molecule has 4 rings (SSSR count). The summed E-state index contributed by atoms with van der Waals surface area (Å²) in [5.41, 5.74) is 4.13. The van der Waals surface area contributed by atoms with Crippen molar-refractivity contribution in [1.29, 1.82) is 0 Å². The van der Waals surface area contributed by atoms with E-state index in [0.717, 1.165) is 11.3 Å². The van der Waals surface area contributed by atoms with Crippen LogP contribution in [0, 0.1) is 6.92 Å². The van der Waals surface area contributed by atoms with E-state index in [2.05, 4.69) is 20.7 Å². The fourth-order valence-electron chi connectivity index (χ4n) is 2.90. The first-order valence-corrected chi connectivity index (χ1v) is 9.33. The van der Waals surface area contributed by atoms with Gasteiger partial charge < -0.3 is 10.6 Å². The van der Waals surface area contributed by atoms with Crippen LogP contribution < -0.4 is 10.6 Å². The van der Waals surface area contributed by atoms with Crippen LogP contribution in [-0.4, -0.2) is 26.6 Å². The minimum atomic E-state index is -0.245. The van der Waals surface area contributed by atoms with Crippen molar-refractivity contribution >= 4 is 23.2 Å². The lowest BCUT2D eigenvalue weighted by atomic mass is 10.2. The third kappa shape index (κ3) is 4.41. The molecule has 7 heteroatoms. The Hall–Kier alpha value is -4.26. The maximum Gasteiger partial charge on any atom is 0.255 e. The third-order valence-corrected chi connectivity index (χ3v) is 4.43. The van der Waals surface area contributed by atoms with Crippen LogP contribution in [0.2, 0.25) is 0 Å². The summed E-state index contributed by atoms with van der Waals surface area (Å²) in [6.45, 7) is 1.97. The van der Waals surface area contributed by atoms with E-state index in [1.165, 1.54) is 0 Å². The van der Waals surface area contributed by atoms with Crippen molar-refractivity contribution in [3.63, 3.8) is 0 Å². The van der Waals surface area contributed by atoms with Crippen molar-refractivity contribution in [2.45, 2.75) is 6.92 Å². The molecule has 0 bridgehead atoms. The average Bonchev–Trinajstić information content (AvgIpc) is 3.21. The Morgan fingerprint density at radius 3 is 2.00 bits per heavy atom. The molecule has 0 aliphatic carbocycles. The van der Waals surface area contributed by atoms with E-state index in [0.29, 0.717) is 22.5 Å². The van der Waals surface area contributed by atoms with Crippen LogP contribution in [0.3, 0.4) is 0 Å². The zero-order valence-corrected chi connectivity index (χ0v) is 16.2. The van der Waals surface area contributed by atoms with Gasteiger partial charge in [0.25, 0.3) is 11.8 Å². The molecule has 2 aromatic heterocycles. The van der Waals surface area contributed by atoms with E-state index in [1.807, 2.05) is 25.3 Å². The van der Waals surface area contributed by atoms with Gasteiger partial charge in [0.1, 0.15) is 0 Å². The number of anilines is 2. The smallest absolute Gasteiger partial charge is 0.255 e. The largest absolute Gasteiger partial charge is 0.322 e. The second kappa shape index (κ2) is 8.40. The SMILES string of the molecule is Cc1cnn(-c2ccc(C(=O)Nc3cccc(NC(=O)c4ccncc4)c3)cc2)c1. The van der Waals surface area contributed by atoms with Crippen LogP contribution in [-0.2, 0) is 0 Å². The molecule has 0 fully saturated rings. The highest BCUT2D eigenvalue weighted by atomic mass is 16.2. The summed E-state index contributed by atoms with van der Waals surface area (Å²) in [7, 11) is 0. The van der Waals surface area contributed by atoms with Gasteiger partial charge in [-0.1, -0.05) is 6.07 Å². The van der Waals surface area contributed by atoms with Crippen LogP contribution in [0.25, 0.3) is 5.69 Å².